The van der Waals surface area contributed by atoms with Gasteiger partial charge in [-0.15, -0.1) is 0 Å². The highest BCUT2D eigenvalue weighted by Gasteiger charge is 2.30. The van der Waals surface area contributed by atoms with Crippen molar-refractivity contribution >= 4 is 11.8 Å². The fourth-order valence-electron chi connectivity index (χ4n) is 1.97. The Morgan fingerprint density at radius 1 is 1.29 bits per heavy atom. The molecule has 1 fully saturated rings. The third-order valence-electron chi connectivity index (χ3n) is 3.13. The molecule has 0 spiro atoms. The van der Waals surface area contributed by atoms with Crippen molar-refractivity contribution < 1.29 is 14.7 Å². The van der Waals surface area contributed by atoms with E-state index in [9.17, 15) is 9.59 Å². The fourth-order valence-corrected chi connectivity index (χ4v) is 1.97. The van der Waals surface area contributed by atoms with Crippen molar-refractivity contribution in [2.75, 3.05) is 20.2 Å². The summed E-state index contributed by atoms with van der Waals surface area (Å²) < 4.78 is 0. The molecule has 2 N–H and O–H groups in total. The van der Waals surface area contributed by atoms with Gasteiger partial charge in [0.05, 0.1) is 6.04 Å². The Hall–Kier alpha value is -0.940. The van der Waals surface area contributed by atoms with Crippen LogP contribution in [0.25, 0.3) is 0 Å². The summed E-state index contributed by atoms with van der Waals surface area (Å²) in [5.41, 5.74) is 0. The molecule has 17 heavy (non-hydrogen) atoms. The predicted molar refractivity (Wildman–Crippen MR) is 64.4 cm³/mol. The minimum absolute atomic E-state index is 0.0870. The molecule has 1 heterocycles. The number of hydrogen-bond acceptors (Lipinski definition) is 4. The molecular weight excluding hydrogens is 220 g/mol. The average Bonchev–Trinajstić information content (AvgIpc) is 2.33. The molecule has 0 radical (unpaired) electrons. The van der Waals surface area contributed by atoms with Crippen molar-refractivity contribution in [2.24, 2.45) is 0 Å². The quantitative estimate of drug-likeness (QED) is 0.497. The number of aliphatic hydroxyl groups is 1. The van der Waals surface area contributed by atoms with Gasteiger partial charge in [-0.25, -0.2) is 0 Å². The maximum atomic E-state index is 11.7. The Bertz CT molecular complexity index is 268. The van der Waals surface area contributed by atoms with Crippen molar-refractivity contribution in [1.29, 1.82) is 0 Å². The van der Waals surface area contributed by atoms with Crippen molar-refractivity contribution in [3.8, 4) is 0 Å². The summed E-state index contributed by atoms with van der Waals surface area (Å²) in [7, 11) is 1.54. The molecule has 0 bridgehead atoms. The van der Waals surface area contributed by atoms with Crippen molar-refractivity contribution in [1.82, 2.24) is 10.2 Å². The number of likely N-dealkylation sites (tertiary alicyclic amines) is 1. The zero-order valence-electron chi connectivity index (χ0n) is 10.4. The van der Waals surface area contributed by atoms with Gasteiger partial charge in [-0.2, -0.15) is 0 Å². The molecule has 1 rings (SSSR count). The summed E-state index contributed by atoms with van der Waals surface area (Å²) in [5, 5.41) is 11.8. The number of unbranched alkanes of at least 4 members (excludes halogenated alkanes) is 3. The average molecular weight is 242 g/mol. The number of aliphatic hydroxyl groups excluding tert-OH is 1. The van der Waals surface area contributed by atoms with E-state index in [1.807, 2.05) is 0 Å². The van der Waals surface area contributed by atoms with E-state index in [-0.39, 0.29) is 24.5 Å². The lowest BCUT2D eigenvalue weighted by molar-refractivity contribution is -0.148. The van der Waals surface area contributed by atoms with Crippen molar-refractivity contribution in [3.05, 3.63) is 0 Å². The number of amides is 2. The van der Waals surface area contributed by atoms with Gasteiger partial charge in [-0.05, 0) is 25.8 Å². The Kier molecular flexibility index (Phi) is 6.15. The smallest absolute Gasteiger partial charge is 0.246 e. The third-order valence-corrected chi connectivity index (χ3v) is 3.13. The third kappa shape index (κ3) is 4.44. The summed E-state index contributed by atoms with van der Waals surface area (Å²) in [6.45, 7) is 1.05. The first-order valence-electron chi connectivity index (χ1n) is 6.31. The number of hydrogen-bond donors (Lipinski definition) is 2. The van der Waals surface area contributed by atoms with Crippen LogP contribution in [0, 0.1) is 0 Å². The Morgan fingerprint density at radius 3 is 2.71 bits per heavy atom. The number of rotatable bonds is 7. The molecule has 5 nitrogen and oxygen atoms in total. The van der Waals surface area contributed by atoms with Crippen LogP contribution in [0.15, 0.2) is 0 Å². The van der Waals surface area contributed by atoms with Crippen molar-refractivity contribution in [2.45, 2.75) is 44.6 Å². The summed E-state index contributed by atoms with van der Waals surface area (Å²) in [5.74, 6) is -0.201. The lowest BCUT2D eigenvalue weighted by Crippen LogP contribution is -2.51. The highest BCUT2D eigenvalue weighted by Crippen LogP contribution is 2.11. The van der Waals surface area contributed by atoms with Crippen LogP contribution < -0.4 is 5.32 Å². The van der Waals surface area contributed by atoms with E-state index in [0.29, 0.717) is 12.8 Å². The maximum Gasteiger partial charge on any atom is 0.246 e. The predicted octanol–water partition coefficient (Wildman–Crippen LogP) is 0.276. The van der Waals surface area contributed by atoms with Gasteiger partial charge in [0.15, 0.2) is 0 Å². The van der Waals surface area contributed by atoms with Gasteiger partial charge in [0.1, 0.15) is 0 Å². The number of nitrogens with one attached hydrogen (secondary N) is 1. The summed E-state index contributed by atoms with van der Waals surface area (Å²) >= 11 is 0. The first-order valence-corrected chi connectivity index (χ1v) is 6.31. The fraction of sp³-hybridized carbons (Fsp3) is 0.833. The number of imide groups is 1. The van der Waals surface area contributed by atoms with Gasteiger partial charge in [0.2, 0.25) is 11.8 Å². The molecular formula is C12H22N2O3. The number of nitrogens with zero attached hydrogens (tertiary/aromatic N) is 1. The van der Waals surface area contributed by atoms with Crippen LogP contribution in [0.3, 0.4) is 0 Å². The summed E-state index contributed by atoms with van der Waals surface area (Å²) in [6.07, 6.45) is 4.99. The normalized spacial score (nSPS) is 21.1. The highest BCUT2D eigenvalue weighted by molar-refractivity contribution is 6.00. The Morgan fingerprint density at radius 2 is 2.00 bits per heavy atom. The molecule has 0 aromatic heterocycles. The molecule has 0 aliphatic carbocycles. The summed E-state index contributed by atoms with van der Waals surface area (Å²) in [4.78, 5) is 24.2. The zero-order chi connectivity index (χ0) is 12.7. The second kappa shape index (κ2) is 7.40. The van der Waals surface area contributed by atoms with Crippen molar-refractivity contribution in [3.63, 3.8) is 0 Å². The van der Waals surface area contributed by atoms with Crippen LogP contribution in [0.4, 0.5) is 0 Å². The molecule has 1 saturated heterocycles. The van der Waals surface area contributed by atoms with Crippen LogP contribution in [-0.2, 0) is 9.59 Å². The molecule has 2 amide bonds. The zero-order valence-corrected chi connectivity index (χ0v) is 10.4. The molecule has 0 saturated carbocycles. The molecule has 1 atom stereocenters. The minimum atomic E-state index is -0.199. The SMILES string of the molecule is CN1C(=O)CCC(NCCCCCCO)C1=O. The van der Waals surface area contributed by atoms with E-state index >= 15 is 0 Å². The van der Waals surface area contributed by atoms with Crippen LogP contribution in [-0.4, -0.2) is 48.1 Å². The number of carbonyl (C=O) groups is 2. The van der Waals surface area contributed by atoms with Gasteiger partial charge < -0.3 is 10.4 Å². The minimum Gasteiger partial charge on any atom is -0.396 e. The monoisotopic (exact) mass is 242 g/mol. The van der Waals surface area contributed by atoms with Gasteiger partial charge in [0.25, 0.3) is 0 Å². The van der Waals surface area contributed by atoms with Crippen LogP contribution in [0.2, 0.25) is 0 Å². The highest BCUT2D eigenvalue weighted by atomic mass is 16.3. The summed E-state index contributed by atoms with van der Waals surface area (Å²) in [6, 6.07) is -0.199. The van der Waals surface area contributed by atoms with Gasteiger partial charge >= 0.3 is 0 Å². The van der Waals surface area contributed by atoms with Gasteiger partial charge in [-0.1, -0.05) is 12.8 Å². The second-order valence-electron chi connectivity index (χ2n) is 4.47. The van der Waals surface area contributed by atoms with E-state index in [0.717, 1.165) is 32.2 Å². The van der Waals surface area contributed by atoms with Crippen LogP contribution in [0.5, 0.6) is 0 Å². The molecule has 5 heteroatoms. The molecule has 1 aliphatic heterocycles. The Labute approximate surface area is 102 Å². The topological polar surface area (TPSA) is 69.6 Å². The van der Waals surface area contributed by atoms with E-state index in [4.69, 9.17) is 5.11 Å². The first-order chi connectivity index (χ1) is 8.16. The molecule has 1 unspecified atom stereocenters. The van der Waals surface area contributed by atoms with Crippen LogP contribution in [0.1, 0.15) is 38.5 Å². The van der Waals surface area contributed by atoms with E-state index in [2.05, 4.69) is 5.32 Å². The maximum absolute atomic E-state index is 11.7. The lowest BCUT2D eigenvalue weighted by Gasteiger charge is -2.28. The van der Waals surface area contributed by atoms with Crippen LogP contribution >= 0.6 is 0 Å². The standard InChI is InChI=1S/C12H22N2O3/c1-14-11(16)7-6-10(12(14)17)13-8-4-2-3-5-9-15/h10,13,15H,2-9H2,1H3. The van der Waals surface area contributed by atoms with E-state index in [1.54, 1.807) is 7.05 Å². The lowest BCUT2D eigenvalue weighted by atomic mass is 10.0. The Balaban J connectivity index is 2.15. The van der Waals surface area contributed by atoms with Gasteiger partial charge in [-0.3, -0.25) is 14.5 Å². The second-order valence-corrected chi connectivity index (χ2v) is 4.47. The van der Waals surface area contributed by atoms with E-state index < -0.39 is 0 Å². The molecule has 0 aromatic carbocycles. The number of carbonyl (C=O) groups excluding carboxylic acids is 2. The first kappa shape index (κ1) is 14.1. The molecule has 1 aliphatic rings. The van der Waals surface area contributed by atoms with Gasteiger partial charge in [0, 0.05) is 20.1 Å². The van der Waals surface area contributed by atoms with E-state index in [1.165, 1.54) is 4.90 Å². The molecule has 0 aromatic rings. The largest absolute Gasteiger partial charge is 0.396 e. The molecule has 98 valence electrons. The number of piperidine rings is 1. The number of likely N-dealkylation sites (N-methyl/N-ethyl adjacent to an activating group) is 1.